The molecule has 1 radical (unpaired) electrons. The first-order valence-electron chi connectivity index (χ1n) is 3.77. The highest BCUT2D eigenvalue weighted by Crippen LogP contribution is 2.13. The molecule has 0 amide bonds. The average Bonchev–Trinajstić information content (AvgIpc) is 2.62. The van der Waals surface area contributed by atoms with Crippen molar-refractivity contribution in [2.24, 2.45) is 0 Å². The second-order valence-corrected chi connectivity index (χ2v) is 3.88. The third-order valence-electron chi connectivity index (χ3n) is 1.63. The summed E-state index contributed by atoms with van der Waals surface area (Å²) in [6, 6.07) is 7.73. The van der Waals surface area contributed by atoms with E-state index < -0.39 is 0 Å². The quantitative estimate of drug-likeness (QED) is 0.760. The summed E-state index contributed by atoms with van der Waals surface area (Å²) < 4.78 is 0. The van der Waals surface area contributed by atoms with Gasteiger partial charge in [-0.3, -0.25) is 0 Å². The average molecular weight is 210 g/mol. The molecule has 0 saturated heterocycles. The molecule has 13 heavy (non-hydrogen) atoms. The lowest BCUT2D eigenvalue weighted by atomic mass is 10.2. The van der Waals surface area contributed by atoms with E-state index in [4.69, 9.17) is 11.6 Å². The summed E-state index contributed by atoms with van der Waals surface area (Å²) in [5, 5.41) is 9.30. The fourth-order valence-corrected chi connectivity index (χ4v) is 1.65. The topological polar surface area (TPSA) is 25.8 Å². The van der Waals surface area contributed by atoms with Crippen LogP contribution in [0.1, 0.15) is 10.6 Å². The molecule has 2 nitrogen and oxygen atoms in total. The Morgan fingerprint density at radius 3 is 2.69 bits per heavy atom. The van der Waals surface area contributed by atoms with Crippen molar-refractivity contribution >= 4 is 22.9 Å². The number of aromatic nitrogens is 2. The zero-order valence-corrected chi connectivity index (χ0v) is 8.27. The molecule has 0 N–H and O–H groups in total. The van der Waals surface area contributed by atoms with Crippen LogP contribution in [0.4, 0.5) is 0 Å². The summed E-state index contributed by atoms with van der Waals surface area (Å²) in [7, 11) is 0. The molecule has 0 atom stereocenters. The Balaban J connectivity index is 2.15. The Morgan fingerprint density at radius 2 is 2.08 bits per heavy atom. The molecule has 0 aliphatic carbocycles. The van der Waals surface area contributed by atoms with Crippen LogP contribution < -0.4 is 0 Å². The van der Waals surface area contributed by atoms with Crippen molar-refractivity contribution in [3.05, 3.63) is 45.4 Å². The van der Waals surface area contributed by atoms with Gasteiger partial charge in [-0.15, -0.1) is 10.2 Å². The molecule has 0 fully saturated rings. The van der Waals surface area contributed by atoms with Crippen molar-refractivity contribution in [2.45, 2.75) is 6.42 Å². The van der Waals surface area contributed by atoms with Crippen LogP contribution >= 0.6 is 22.9 Å². The Hall–Kier alpha value is -0.930. The predicted molar refractivity (Wildman–Crippen MR) is 53.0 cm³/mol. The molecule has 0 aliphatic heterocycles. The minimum absolute atomic E-state index is 0.757. The molecule has 0 spiro atoms. The standard InChI is InChI=1S/C9H6ClN2S/c10-8-3-1-7(2-4-8)5-9-12-11-6-13-9/h1-4H,5H2. The summed E-state index contributed by atoms with van der Waals surface area (Å²) in [5.74, 6) is 0. The van der Waals surface area contributed by atoms with Crippen molar-refractivity contribution in [2.75, 3.05) is 0 Å². The second-order valence-electron chi connectivity index (χ2n) is 2.59. The maximum atomic E-state index is 5.76. The third-order valence-corrected chi connectivity index (χ3v) is 2.52. The highest BCUT2D eigenvalue weighted by atomic mass is 35.5. The van der Waals surface area contributed by atoms with E-state index in [-0.39, 0.29) is 0 Å². The molecular formula is C9H6ClN2S. The van der Waals surface area contributed by atoms with Crippen LogP contribution in [-0.4, -0.2) is 10.2 Å². The Labute approximate surface area is 85.2 Å². The van der Waals surface area contributed by atoms with Gasteiger partial charge in [-0.1, -0.05) is 35.1 Å². The zero-order chi connectivity index (χ0) is 9.10. The van der Waals surface area contributed by atoms with E-state index in [1.54, 1.807) is 0 Å². The maximum absolute atomic E-state index is 5.76. The summed E-state index contributed by atoms with van der Waals surface area (Å²) in [6.45, 7) is 0. The van der Waals surface area contributed by atoms with Gasteiger partial charge in [0, 0.05) is 11.4 Å². The van der Waals surface area contributed by atoms with Gasteiger partial charge in [0.1, 0.15) is 5.01 Å². The largest absolute Gasteiger partial charge is 0.178 e. The van der Waals surface area contributed by atoms with E-state index in [9.17, 15) is 0 Å². The highest BCUT2D eigenvalue weighted by molar-refractivity contribution is 7.08. The van der Waals surface area contributed by atoms with Crippen molar-refractivity contribution in [1.29, 1.82) is 0 Å². The van der Waals surface area contributed by atoms with E-state index in [1.165, 1.54) is 16.9 Å². The van der Waals surface area contributed by atoms with Gasteiger partial charge in [0.2, 0.25) is 0 Å². The second kappa shape index (κ2) is 3.85. The molecule has 65 valence electrons. The summed E-state index contributed by atoms with van der Waals surface area (Å²) in [6.07, 6.45) is 0.804. The molecule has 1 heterocycles. The minimum atomic E-state index is 0.757. The summed E-state index contributed by atoms with van der Waals surface area (Å²) >= 11 is 7.20. The van der Waals surface area contributed by atoms with Gasteiger partial charge in [0.15, 0.2) is 5.51 Å². The van der Waals surface area contributed by atoms with E-state index in [0.29, 0.717) is 0 Å². The number of hydrogen-bond donors (Lipinski definition) is 0. The van der Waals surface area contributed by atoms with E-state index in [0.717, 1.165) is 16.5 Å². The van der Waals surface area contributed by atoms with Crippen LogP contribution in [0.25, 0.3) is 0 Å². The van der Waals surface area contributed by atoms with Crippen LogP contribution in [0.3, 0.4) is 0 Å². The van der Waals surface area contributed by atoms with Crippen molar-refractivity contribution in [1.82, 2.24) is 10.2 Å². The van der Waals surface area contributed by atoms with Crippen LogP contribution in [-0.2, 0) is 6.42 Å². The number of nitrogens with zero attached hydrogens (tertiary/aromatic N) is 2. The maximum Gasteiger partial charge on any atom is 0.178 e. The Morgan fingerprint density at radius 1 is 1.31 bits per heavy atom. The fraction of sp³-hybridized carbons (Fsp3) is 0.111. The first-order valence-corrected chi connectivity index (χ1v) is 4.97. The van der Waals surface area contributed by atoms with Gasteiger partial charge in [-0.25, -0.2) is 0 Å². The SMILES string of the molecule is Clc1ccc(Cc2nn[c]s2)cc1. The number of hydrogen-bond acceptors (Lipinski definition) is 3. The zero-order valence-electron chi connectivity index (χ0n) is 6.70. The monoisotopic (exact) mass is 209 g/mol. The molecule has 2 rings (SSSR count). The Bertz CT molecular complexity index is 369. The molecule has 2 aromatic rings. The van der Waals surface area contributed by atoms with Gasteiger partial charge < -0.3 is 0 Å². The minimum Gasteiger partial charge on any atom is -0.143 e. The first-order chi connectivity index (χ1) is 6.34. The van der Waals surface area contributed by atoms with Gasteiger partial charge in [0.25, 0.3) is 0 Å². The van der Waals surface area contributed by atoms with Crippen LogP contribution in [0, 0.1) is 5.51 Å². The lowest BCUT2D eigenvalue weighted by Gasteiger charge is -1.96. The number of benzene rings is 1. The normalized spacial score (nSPS) is 10.2. The van der Waals surface area contributed by atoms with Crippen LogP contribution in [0.2, 0.25) is 5.02 Å². The fourth-order valence-electron chi connectivity index (χ4n) is 1.02. The van der Waals surface area contributed by atoms with Crippen molar-refractivity contribution in [3.63, 3.8) is 0 Å². The summed E-state index contributed by atoms with van der Waals surface area (Å²) in [5.41, 5.74) is 3.91. The lowest BCUT2D eigenvalue weighted by molar-refractivity contribution is 1.000. The number of rotatable bonds is 2. The predicted octanol–water partition coefficient (Wildman–Crippen LogP) is 2.58. The third kappa shape index (κ3) is 2.26. The smallest absolute Gasteiger partial charge is 0.143 e. The number of halogens is 1. The molecule has 4 heteroatoms. The van der Waals surface area contributed by atoms with Crippen LogP contribution in [0.15, 0.2) is 24.3 Å². The molecule has 1 aromatic heterocycles. The molecule has 1 aromatic carbocycles. The molecular weight excluding hydrogens is 204 g/mol. The van der Waals surface area contributed by atoms with Crippen LogP contribution in [0.5, 0.6) is 0 Å². The summed E-state index contributed by atoms with van der Waals surface area (Å²) in [4.78, 5) is 0. The van der Waals surface area contributed by atoms with Gasteiger partial charge >= 0.3 is 0 Å². The van der Waals surface area contributed by atoms with E-state index >= 15 is 0 Å². The van der Waals surface area contributed by atoms with Crippen molar-refractivity contribution in [3.8, 4) is 0 Å². The molecule has 0 saturated carbocycles. The van der Waals surface area contributed by atoms with Gasteiger partial charge in [0.05, 0.1) is 0 Å². The molecule has 0 aliphatic rings. The van der Waals surface area contributed by atoms with Gasteiger partial charge in [-0.05, 0) is 17.7 Å². The van der Waals surface area contributed by atoms with Gasteiger partial charge in [-0.2, -0.15) is 0 Å². The van der Waals surface area contributed by atoms with E-state index in [2.05, 4.69) is 15.7 Å². The molecule has 0 unspecified atom stereocenters. The first kappa shape index (κ1) is 8.66. The Kier molecular flexibility index (Phi) is 2.57. The molecule has 0 bridgehead atoms. The van der Waals surface area contributed by atoms with Crippen molar-refractivity contribution < 1.29 is 0 Å². The highest BCUT2D eigenvalue weighted by Gasteiger charge is 1.99. The van der Waals surface area contributed by atoms with E-state index in [1.807, 2.05) is 24.3 Å². The lowest BCUT2D eigenvalue weighted by Crippen LogP contribution is -1.86.